The van der Waals surface area contributed by atoms with Gasteiger partial charge in [0.1, 0.15) is 0 Å². The minimum atomic E-state index is -3.88. The van der Waals surface area contributed by atoms with Gasteiger partial charge in [-0.2, -0.15) is 4.31 Å². The molecule has 2 N–H and O–H groups in total. The number of hydrogen-bond donors (Lipinski definition) is 1. The lowest BCUT2D eigenvalue weighted by molar-refractivity contribution is 0.466. The zero-order valence-electron chi connectivity index (χ0n) is 12.5. The van der Waals surface area contributed by atoms with Crippen molar-refractivity contribution in [2.75, 3.05) is 7.05 Å². The van der Waals surface area contributed by atoms with Crippen LogP contribution in [0.2, 0.25) is 10.0 Å². The Kier molecular flexibility index (Phi) is 5.58. The number of benzene rings is 2. The van der Waals surface area contributed by atoms with Crippen LogP contribution in [0.15, 0.2) is 52.3 Å². The van der Waals surface area contributed by atoms with Crippen LogP contribution in [0.4, 0.5) is 0 Å². The third-order valence-electron chi connectivity index (χ3n) is 3.29. The molecule has 0 bridgehead atoms. The Bertz CT molecular complexity index is 959. The largest absolute Gasteiger partial charge is 0.243 e. The summed E-state index contributed by atoms with van der Waals surface area (Å²) in [4.78, 5) is -0.225. The second kappa shape index (κ2) is 6.99. The van der Waals surface area contributed by atoms with E-state index < -0.39 is 20.0 Å². The normalized spacial score (nSPS) is 12.5. The second-order valence-corrected chi connectivity index (χ2v) is 9.38. The van der Waals surface area contributed by atoms with Crippen molar-refractivity contribution in [1.82, 2.24) is 4.31 Å². The maximum absolute atomic E-state index is 12.6. The maximum atomic E-state index is 12.6. The molecule has 0 aliphatic rings. The predicted molar refractivity (Wildman–Crippen MR) is 92.9 cm³/mol. The van der Waals surface area contributed by atoms with Crippen molar-refractivity contribution in [3.8, 4) is 0 Å². The van der Waals surface area contributed by atoms with Gasteiger partial charge in [-0.3, -0.25) is 0 Å². The molecule has 0 unspecified atom stereocenters. The van der Waals surface area contributed by atoms with Gasteiger partial charge in [-0.1, -0.05) is 35.3 Å². The number of sulfonamides is 2. The molecule has 10 heteroatoms. The fourth-order valence-corrected chi connectivity index (χ4v) is 4.02. The topological polar surface area (TPSA) is 97.5 Å². The average Bonchev–Trinajstić information content (AvgIpc) is 2.51. The first kappa shape index (κ1) is 19.2. The molecule has 0 spiro atoms. The Morgan fingerprint density at radius 2 is 1.50 bits per heavy atom. The van der Waals surface area contributed by atoms with Gasteiger partial charge in [-0.05, 0) is 35.9 Å². The number of primary sulfonamides is 1. The highest BCUT2D eigenvalue weighted by molar-refractivity contribution is 7.89. The molecule has 0 radical (unpaired) electrons. The van der Waals surface area contributed by atoms with E-state index in [2.05, 4.69) is 0 Å². The number of nitrogens with zero attached hydrogens (tertiary/aromatic N) is 1. The molecule has 0 amide bonds. The number of hydrogen-bond acceptors (Lipinski definition) is 4. The van der Waals surface area contributed by atoms with Crippen molar-refractivity contribution in [2.45, 2.75) is 16.3 Å². The molecule has 0 aliphatic heterocycles. The van der Waals surface area contributed by atoms with Crippen molar-refractivity contribution >= 4 is 43.2 Å². The quantitative estimate of drug-likeness (QED) is 0.820. The Morgan fingerprint density at radius 1 is 0.958 bits per heavy atom. The molecule has 2 rings (SSSR count). The summed E-state index contributed by atoms with van der Waals surface area (Å²) in [6, 6.07) is 9.60. The first-order valence-electron chi connectivity index (χ1n) is 6.55. The molecule has 0 aliphatic carbocycles. The highest BCUT2D eigenvalue weighted by Gasteiger charge is 2.22. The van der Waals surface area contributed by atoms with E-state index in [4.69, 9.17) is 28.3 Å². The molecule has 130 valence electrons. The van der Waals surface area contributed by atoms with Gasteiger partial charge < -0.3 is 0 Å². The maximum Gasteiger partial charge on any atom is 0.243 e. The van der Waals surface area contributed by atoms with E-state index >= 15 is 0 Å². The van der Waals surface area contributed by atoms with Gasteiger partial charge in [-0.15, -0.1) is 0 Å². The van der Waals surface area contributed by atoms with Gasteiger partial charge >= 0.3 is 0 Å². The molecular weight excluding hydrogens is 395 g/mol. The Labute approximate surface area is 150 Å². The lowest BCUT2D eigenvalue weighted by Crippen LogP contribution is -2.26. The van der Waals surface area contributed by atoms with Crippen molar-refractivity contribution in [1.29, 1.82) is 0 Å². The minimum absolute atomic E-state index is 0.0126. The third-order valence-corrected chi connectivity index (χ3v) is 6.89. The van der Waals surface area contributed by atoms with Crippen LogP contribution in [-0.4, -0.2) is 28.2 Å². The van der Waals surface area contributed by atoms with E-state index in [0.29, 0.717) is 10.6 Å². The summed E-state index contributed by atoms with van der Waals surface area (Å²) < 4.78 is 48.7. The van der Waals surface area contributed by atoms with Gasteiger partial charge in [0.25, 0.3) is 0 Å². The zero-order valence-corrected chi connectivity index (χ0v) is 15.6. The van der Waals surface area contributed by atoms with Crippen molar-refractivity contribution in [2.24, 2.45) is 5.14 Å². The molecule has 2 aromatic rings. The molecule has 6 nitrogen and oxygen atoms in total. The Balaban J connectivity index is 2.31. The molecule has 24 heavy (non-hydrogen) atoms. The molecule has 2 aromatic carbocycles. The molecule has 0 aromatic heterocycles. The summed E-state index contributed by atoms with van der Waals surface area (Å²) in [6.07, 6.45) is 0. The molecule has 0 heterocycles. The number of rotatable bonds is 5. The molecule has 0 saturated heterocycles. The first-order chi connectivity index (χ1) is 11.0. The fourth-order valence-electron chi connectivity index (χ4n) is 1.98. The summed E-state index contributed by atoms with van der Waals surface area (Å²) in [5.41, 5.74) is 0.552. The van der Waals surface area contributed by atoms with Crippen LogP contribution in [0.25, 0.3) is 0 Å². The van der Waals surface area contributed by atoms with Crippen LogP contribution in [0.3, 0.4) is 0 Å². The lowest BCUT2D eigenvalue weighted by Gasteiger charge is -2.18. The lowest BCUT2D eigenvalue weighted by atomic mass is 10.2. The van der Waals surface area contributed by atoms with Gasteiger partial charge in [-0.25, -0.2) is 22.0 Å². The van der Waals surface area contributed by atoms with Gasteiger partial charge in [0, 0.05) is 13.6 Å². The summed E-state index contributed by atoms with van der Waals surface area (Å²) in [7, 11) is -6.33. The molecular formula is C14H14Cl2N2O4S2. The van der Waals surface area contributed by atoms with Gasteiger partial charge in [0.2, 0.25) is 20.0 Å². The molecule has 0 saturated carbocycles. The van der Waals surface area contributed by atoms with Gasteiger partial charge in [0.05, 0.1) is 19.8 Å². The van der Waals surface area contributed by atoms with Crippen LogP contribution in [0, 0.1) is 0 Å². The van der Waals surface area contributed by atoms with Crippen LogP contribution in [0.1, 0.15) is 5.56 Å². The number of nitrogens with two attached hydrogens (primary N) is 1. The first-order valence-corrected chi connectivity index (χ1v) is 10.3. The van der Waals surface area contributed by atoms with Crippen LogP contribution < -0.4 is 5.14 Å². The van der Waals surface area contributed by atoms with Crippen molar-refractivity contribution < 1.29 is 16.8 Å². The Morgan fingerprint density at radius 3 is 2.04 bits per heavy atom. The SMILES string of the molecule is CN(Cc1cccc(Cl)c1Cl)S(=O)(=O)c1ccc(S(N)(=O)=O)cc1. The summed E-state index contributed by atoms with van der Waals surface area (Å²) in [5, 5.41) is 5.61. The molecule has 0 fully saturated rings. The minimum Gasteiger partial charge on any atom is -0.225 e. The van der Waals surface area contributed by atoms with Gasteiger partial charge in [0.15, 0.2) is 0 Å². The monoisotopic (exact) mass is 408 g/mol. The smallest absolute Gasteiger partial charge is 0.225 e. The fraction of sp³-hybridized carbons (Fsp3) is 0.143. The van der Waals surface area contributed by atoms with Crippen LogP contribution in [-0.2, 0) is 26.6 Å². The van der Waals surface area contributed by atoms with E-state index in [0.717, 1.165) is 16.4 Å². The summed E-state index contributed by atoms with van der Waals surface area (Å²) in [6.45, 7) is 0.0126. The van der Waals surface area contributed by atoms with E-state index in [1.807, 2.05) is 0 Å². The standard InChI is InChI=1S/C14H14Cl2N2O4S2/c1-18(9-10-3-2-4-13(15)14(10)16)24(21,22)12-7-5-11(6-8-12)23(17,19)20/h2-8H,9H2,1H3,(H2,17,19,20). The highest BCUT2D eigenvalue weighted by Crippen LogP contribution is 2.27. The third kappa shape index (κ3) is 4.08. The van der Waals surface area contributed by atoms with Crippen LogP contribution >= 0.6 is 23.2 Å². The van der Waals surface area contributed by atoms with Crippen LogP contribution in [0.5, 0.6) is 0 Å². The Hall–Kier alpha value is -1.16. The molecule has 0 atom stereocenters. The summed E-state index contributed by atoms with van der Waals surface area (Å²) in [5.74, 6) is 0. The number of halogens is 2. The summed E-state index contributed by atoms with van der Waals surface area (Å²) >= 11 is 12.0. The predicted octanol–water partition coefficient (Wildman–Crippen LogP) is 2.46. The zero-order chi connectivity index (χ0) is 18.1. The van der Waals surface area contributed by atoms with E-state index in [-0.39, 0.29) is 21.4 Å². The van der Waals surface area contributed by atoms with E-state index in [9.17, 15) is 16.8 Å². The van der Waals surface area contributed by atoms with E-state index in [1.54, 1.807) is 18.2 Å². The highest BCUT2D eigenvalue weighted by atomic mass is 35.5. The van der Waals surface area contributed by atoms with Crippen molar-refractivity contribution in [3.05, 3.63) is 58.1 Å². The average molecular weight is 409 g/mol. The van der Waals surface area contributed by atoms with E-state index in [1.165, 1.54) is 19.2 Å². The second-order valence-electron chi connectivity index (χ2n) is 4.99. The van der Waals surface area contributed by atoms with Crippen molar-refractivity contribution in [3.63, 3.8) is 0 Å².